The number of amides is 1. The van der Waals surface area contributed by atoms with Gasteiger partial charge >= 0.3 is 6.09 Å². The van der Waals surface area contributed by atoms with E-state index in [1.54, 1.807) is 0 Å². The third-order valence-electron chi connectivity index (χ3n) is 2.42. The second-order valence-corrected chi connectivity index (χ2v) is 5.97. The molecular formula is C11H24N2O2. The number of ether oxygens (including phenoxy) is 1. The van der Waals surface area contributed by atoms with Crippen LogP contribution in [0.2, 0.25) is 0 Å². The van der Waals surface area contributed by atoms with E-state index in [1.807, 2.05) is 48.5 Å². The number of alkyl carbamates (subject to hydrolysis) is 1. The van der Waals surface area contributed by atoms with Crippen LogP contribution in [0.5, 0.6) is 0 Å². The first kappa shape index (κ1) is 14.2. The van der Waals surface area contributed by atoms with Gasteiger partial charge in [0, 0.05) is 5.54 Å². The molecule has 3 N–H and O–H groups in total. The summed E-state index contributed by atoms with van der Waals surface area (Å²) in [5.74, 6) is 0. The summed E-state index contributed by atoms with van der Waals surface area (Å²) in [4.78, 5) is 11.5. The van der Waals surface area contributed by atoms with Crippen molar-refractivity contribution >= 4 is 6.09 Å². The smallest absolute Gasteiger partial charge is 0.408 e. The molecule has 0 rings (SSSR count). The third kappa shape index (κ3) is 5.02. The first-order valence-electron chi connectivity index (χ1n) is 5.15. The summed E-state index contributed by atoms with van der Waals surface area (Å²) in [7, 11) is 0. The predicted molar refractivity (Wildman–Crippen MR) is 61.7 cm³/mol. The fraction of sp³-hybridized carbons (Fsp3) is 0.909. The van der Waals surface area contributed by atoms with Crippen molar-refractivity contribution in [2.75, 3.05) is 0 Å². The number of carbonyl (C=O) groups is 1. The molecule has 0 radical (unpaired) electrons. The molecule has 90 valence electrons. The highest BCUT2D eigenvalue weighted by atomic mass is 16.6. The van der Waals surface area contributed by atoms with Gasteiger partial charge in [0.1, 0.15) is 5.60 Å². The average Bonchev–Trinajstić information content (AvgIpc) is 1.75. The van der Waals surface area contributed by atoms with E-state index in [0.717, 1.165) is 0 Å². The monoisotopic (exact) mass is 216 g/mol. The lowest BCUT2D eigenvalue weighted by atomic mass is 9.84. The maximum Gasteiger partial charge on any atom is 0.408 e. The molecule has 0 saturated heterocycles. The first-order valence-corrected chi connectivity index (χ1v) is 5.15. The zero-order chi connectivity index (χ0) is 12.5. The maximum atomic E-state index is 11.5. The van der Waals surface area contributed by atoms with Crippen LogP contribution in [0.15, 0.2) is 0 Å². The van der Waals surface area contributed by atoms with Crippen molar-refractivity contribution < 1.29 is 9.53 Å². The van der Waals surface area contributed by atoms with E-state index >= 15 is 0 Å². The van der Waals surface area contributed by atoms with Crippen molar-refractivity contribution in [1.82, 2.24) is 5.32 Å². The Morgan fingerprint density at radius 3 is 1.73 bits per heavy atom. The molecule has 0 aromatic carbocycles. The molecule has 0 aromatic heterocycles. The maximum absolute atomic E-state index is 11.5. The molecule has 4 nitrogen and oxygen atoms in total. The first-order chi connectivity index (χ1) is 6.35. The molecule has 0 aromatic rings. The summed E-state index contributed by atoms with van der Waals surface area (Å²) in [5, 5.41) is 2.77. The van der Waals surface area contributed by atoms with Crippen molar-refractivity contribution in [2.24, 2.45) is 5.73 Å². The predicted octanol–water partition coefficient (Wildman–Crippen LogP) is 2.03. The van der Waals surface area contributed by atoms with Gasteiger partial charge in [-0.3, -0.25) is 0 Å². The number of hydrogen-bond donors (Lipinski definition) is 2. The number of nitrogens with one attached hydrogen (secondary N) is 1. The third-order valence-corrected chi connectivity index (χ3v) is 2.42. The van der Waals surface area contributed by atoms with Gasteiger partial charge in [-0.2, -0.15) is 0 Å². The van der Waals surface area contributed by atoms with Crippen molar-refractivity contribution in [3.05, 3.63) is 0 Å². The summed E-state index contributed by atoms with van der Waals surface area (Å²) in [6.45, 7) is 13.0. The summed E-state index contributed by atoms with van der Waals surface area (Å²) < 4.78 is 5.16. The number of hydrogen-bond acceptors (Lipinski definition) is 3. The molecule has 0 saturated carbocycles. The van der Waals surface area contributed by atoms with E-state index in [2.05, 4.69) is 5.32 Å². The number of rotatable bonds is 2. The SMILES string of the molecule is CC(C)(C)OC(=O)NC(C)(C)C(C)(C)N. The standard InChI is InChI=1S/C11H24N2O2/c1-9(2,3)15-8(14)13-11(6,7)10(4,5)12/h12H2,1-7H3,(H,13,14). The van der Waals surface area contributed by atoms with Gasteiger partial charge in [-0.1, -0.05) is 0 Å². The highest BCUT2D eigenvalue weighted by Crippen LogP contribution is 2.18. The minimum atomic E-state index is -0.519. The van der Waals surface area contributed by atoms with Crippen LogP contribution < -0.4 is 11.1 Å². The van der Waals surface area contributed by atoms with E-state index in [4.69, 9.17) is 10.5 Å². The normalized spacial score (nSPS) is 13.6. The van der Waals surface area contributed by atoms with Crippen LogP contribution in [0, 0.1) is 0 Å². The van der Waals surface area contributed by atoms with Crippen molar-refractivity contribution in [1.29, 1.82) is 0 Å². The second kappa shape index (κ2) is 4.00. The fourth-order valence-electron chi connectivity index (χ4n) is 0.720. The van der Waals surface area contributed by atoms with Crippen LogP contribution in [-0.2, 0) is 4.74 Å². The molecule has 0 unspecified atom stereocenters. The van der Waals surface area contributed by atoms with Crippen LogP contribution in [-0.4, -0.2) is 22.8 Å². The zero-order valence-electron chi connectivity index (χ0n) is 10.9. The Morgan fingerprint density at radius 2 is 1.47 bits per heavy atom. The Hall–Kier alpha value is -0.770. The molecule has 0 atom stereocenters. The Bertz CT molecular complexity index is 234. The van der Waals surface area contributed by atoms with Gasteiger partial charge in [-0.15, -0.1) is 0 Å². The topological polar surface area (TPSA) is 64.3 Å². The quantitative estimate of drug-likeness (QED) is 0.742. The largest absolute Gasteiger partial charge is 0.444 e. The lowest BCUT2D eigenvalue weighted by Gasteiger charge is -2.39. The van der Waals surface area contributed by atoms with Crippen molar-refractivity contribution in [3.8, 4) is 0 Å². The van der Waals surface area contributed by atoms with Gasteiger partial charge in [0.05, 0.1) is 5.54 Å². The van der Waals surface area contributed by atoms with Crippen LogP contribution in [0.4, 0.5) is 4.79 Å². The van der Waals surface area contributed by atoms with Crippen LogP contribution in [0.1, 0.15) is 48.5 Å². The van der Waals surface area contributed by atoms with E-state index < -0.39 is 22.8 Å². The number of nitrogens with two attached hydrogens (primary N) is 1. The fourth-order valence-corrected chi connectivity index (χ4v) is 0.720. The second-order valence-electron chi connectivity index (χ2n) is 5.97. The number of carbonyl (C=O) groups excluding carboxylic acids is 1. The van der Waals surface area contributed by atoms with E-state index in [1.165, 1.54) is 0 Å². The highest BCUT2D eigenvalue weighted by Gasteiger charge is 2.36. The van der Waals surface area contributed by atoms with Gasteiger partial charge in [0.15, 0.2) is 0 Å². The molecule has 0 aliphatic carbocycles. The Kier molecular flexibility index (Phi) is 3.80. The molecule has 0 aliphatic heterocycles. The van der Waals surface area contributed by atoms with Crippen LogP contribution in [0.25, 0.3) is 0 Å². The van der Waals surface area contributed by atoms with Crippen molar-refractivity contribution in [3.63, 3.8) is 0 Å². The lowest BCUT2D eigenvalue weighted by Crippen LogP contribution is -2.62. The van der Waals surface area contributed by atoms with Gasteiger partial charge in [-0.25, -0.2) is 4.79 Å². The molecule has 0 fully saturated rings. The molecule has 1 amide bonds. The molecule has 0 heterocycles. The van der Waals surface area contributed by atoms with Crippen LogP contribution in [0.3, 0.4) is 0 Å². The molecule has 15 heavy (non-hydrogen) atoms. The molecule has 4 heteroatoms. The van der Waals surface area contributed by atoms with Gasteiger partial charge < -0.3 is 15.8 Å². The highest BCUT2D eigenvalue weighted by molar-refractivity contribution is 5.69. The Balaban J connectivity index is 4.43. The van der Waals surface area contributed by atoms with Gasteiger partial charge in [0.25, 0.3) is 0 Å². The molecule has 0 spiro atoms. The molecule has 0 bridgehead atoms. The summed E-state index contributed by atoms with van der Waals surface area (Å²) in [6, 6.07) is 0. The minimum Gasteiger partial charge on any atom is -0.444 e. The zero-order valence-corrected chi connectivity index (χ0v) is 10.9. The molecular weight excluding hydrogens is 192 g/mol. The Morgan fingerprint density at radius 1 is 1.07 bits per heavy atom. The van der Waals surface area contributed by atoms with Crippen LogP contribution >= 0.6 is 0 Å². The summed E-state index contributed by atoms with van der Waals surface area (Å²) in [5.41, 5.74) is 4.44. The summed E-state index contributed by atoms with van der Waals surface area (Å²) in [6.07, 6.45) is -0.439. The van der Waals surface area contributed by atoms with Gasteiger partial charge in [0.2, 0.25) is 0 Å². The van der Waals surface area contributed by atoms with E-state index in [0.29, 0.717) is 0 Å². The Labute approximate surface area is 92.6 Å². The summed E-state index contributed by atoms with van der Waals surface area (Å²) >= 11 is 0. The minimum absolute atomic E-state index is 0.439. The van der Waals surface area contributed by atoms with Gasteiger partial charge in [-0.05, 0) is 48.5 Å². The average molecular weight is 216 g/mol. The molecule has 0 aliphatic rings. The van der Waals surface area contributed by atoms with E-state index in [-0.39, 0.29) is 0 Å². The van der Waals surface area contributed by atoms with E-state index in [9.17, 15) is 4.79 Å². The van der Waals surface area contributed by atoms with Crippen molar-refractivity contribution in [2.45, 2.75) is 65.1 Å². The lowest BCUT2D eigenvalue weighted by molar-refractivity contribution is 0.0431.